The highest BCUT2D eigenvalue weighted by molar-refractivity contribution is 8.02. The number of carbonyl (C=O) groups excluding carboxylic acids is 3. The van der Waals surface area contributed by atoms with Crippen molar-refractivity contribution in [2.75, 3.05) is 13.7 Å². The van der Waals surface area contributed by atoms with E-state index >= 15 is 0 Å². The van der Waals surface area contributed by atoms with E-state index in [9.17, 15) is 19.5 Å². The lowest BCUT2D eigenvalue weighted by molar-refractivity contribution is -0.142. The third-order valence-corrected chi connectivity index (χ3v) is 8.84. The van der Waals surface area contributed by atoms with Crippen molar-refractivity contribution in [3.05, 3.63) is 35.9 Å². The van der Waals surface area contributed by atoms with Gasteiger partial charge in [-0.3, -0.25) is 14.4 Å². The molecule has 3 aliphatic rings. The molecule has 0 aliphatic carbocycles. The summed E-state index contributed by atoms with van der Waals surface area (Å²) < 4.78 is -0.623. The van der Waals surface area contributed by atoms with Crippen LogP contribution < -0.4 is 10.6 Å². The molecule has 2 bridgehead atoms. The van der Waals surface area contributed by atoms with E-state index in [-0.39, 0.29) is 35.6 Å². The van der Waals surface area contributed by atoms with Gasteiger partial charge in [0.1, 0.15) is 6.04 Å². The number of aliphatic hydroxyl groups excluding tert-OH is 1. The molecule has 3 aliphatic heterocycles. The quantitative estimate of drug-likeness (QED) is 0.581. The summed E-state index contributed by atoms with van der Waals surface area (Å²) in [6.07, 6.45) is 1.99. The monoisotopic (exact) mass is 445 g/mol. The number of aliphatic hydroxyl groups is 1. The molecular formula is C23H31N3O4S. The van der Waals surface area contributed by atoms with Crippen molar-refractivity contribution in [3.63, 3.8) is 0 Å². The van der Waals surface area contributed by atoms with Crippen molar-refractivity contribution in [2.24, 2.45) is 11.8 Å². The Morgan fingerprint density at radius 1 is 1.26 bits per heavy atom. The van der Waals surface area contributed by atoms with Gasteiger partial charge in [-0.15, -0.1) is 11.8 Å². The number of rotatable bonds is 7. The molecule has 0 saturated carbocycles. The average Bonchev–Trinajstić information content (AvgIpc) is 3.39. The highest BCUT2D eigenvalue weighted by atomic mass is 32.2. The molecule has 0 radical (unpaired) electrons. The summed E-state index contributed by atoms with van der Waals surface area (Å²) >= 11 is 1.64. The van der Waals surface area contributed by atoms with Gasteiger partial charge >= 0.3 is 0 Å². The standard InChI is InChI=1S/C23H31N3O4S/c1-13(2)25-21(29)19-23-10-9-16(31-23)17(20(28)24-3)18(23)22(30)26(19)15(12-27)11-14-7-5-4-6-8-14/h4-8,13,15-19,27H,9-12H2,1-3H3,(H,24,28)(H,25,29)/t15-,16-,17+,18+,19?,23?/m1/s1. The van der Waals surface area contributed by atoms with Crippen LogP contribution in [-0.2, 0) is 20.8 Å². The second kappa shape index (κ2) is 8.47. The maximum absolute atomic E-state index is 13.8. The van der Waals surface area contributed by atoms with E-state index in [4.69, 9.17) is 0 Å². The minimum absolute atomic E-state index is 0.0482. The number of thioether (sulfide) groups is 1. The minimum atomic E-state index is -0.696. The van der Waals surface area contributed by atoms with Gasteiger partial charge < -0.3 is 20.6 Å². The Bertz CT molecular complexity index is 864. The molecule has 3 amide bonds. The summed E-state index contributed by atoms with van der Waals surface area (Å²) in [7, 11) is 1.59. The van der Waals surface area contributed by atoms with Gasteiger partial charge in [0.2, 0.25) is 17.7 Å². The highest BCUT2D eigenvalue weighted by Gasteiger charge is 2.74. The number of carbonyl (C=O) groups is 3. The van der Waals surface area contributed by atoms with E-state index in [1.807, 2.05) is 44.2 Å². The predicted molar refractivity (Wildman–Crippen MR) is 119 cm³/mol. The molecule has 8 heteroatoms. The molecule has 4 rings (SSSR count). The molecule has 31 heavy (non-hydrogen) atoms. The summed E-state index contributed by atoms with van der Waals surface area (Å²) in [4.78, 5) is 41.6. The molecule has 0 aromatic heterocycles. The lowest BCUT2D eigenvalue weighted by Crippen LogP contribution is -2.57. The number of hydrogen-bond donors (Lipinski definition) is 3. The van der Waals surface area contributed by atoms with Gasteiger partial charge in [-0.05, 0) is 38.7 Å². The first-order valence-corrected chi connectivity index (χ1v) is 11.9. The zero-order chi connectivity index (χ0) is 22.3. The first-order chi connectivity index (χ1) is 14.8. The fourth-order valence-electron chi connectivity index (χ4n) is 5.75. The molecule has 7 nitrogen and oxygen atoms in total. The zero-order valence-corrected chi connectivity index (χ0v) is 19.0. The Hall–Kier alpha value is -2.06. The molecule has 1 aromatic carbocycles. The molecule has 3 saturated heterocycles. The van der Waals surface area contributed by atoms with Crippen LogP contribution >= 0.6 is 11.8 Å². The smallest absolute Gasteiger partial charge is 0.244 e. The molecule has 3 heterocycles. The molecule has 3 N–H and O–H groups in total. The van der Waals surface area contributed by atoms with E-state index in [2.05, 4.69) is 10.6 Å². The van der Waals surface area contributed by atoms with Gasteiger partial charge in [-0.1, -0.05) is 30.3 Å². The maximum Gasteiger partial charge on any atom is 0.244 e. The summed E-state index contributed by atoms with van der Waals surface area (Å²) in [6, 6.07) is 8.39. The van der Waals surface area contributed by atoms with Gasteiger partial charge in [-0.2, -0.15) is 0 Å². The summed E-state index contributed by atoms with van der Waals surface area (Å²) in [5.74, 6) is -1.48. The van der Waals surface area contributed by atoms with Crippen molar-refractivity contribution >= 4 is 29.5 Å². The molecule has 6 atom stereocenters. The largest absolute Gasteiger partial charge is 0.394 e. The third kappa shape index (κ3) is 3.53. The zero-order valence-electron chi connectivity index (χ0n) is 18.2. The van der Waals surface area contributed by atoms with Crippen LogP contribution in [0.3, 0.4) is 0 Å². The Kier molecular flexibility index (Phi) is 6.05. The molecular weight excluding hydrogens is 414 g/mol. The summed E-state index contributed by atoms with van der Waals surface area (Å²) in [6.45, 7) is 3.55. The van der Waals surface area contributed by atoms with Gasteiger partial charge in [-0.25, -0.2) is 0 Å². The van der Waals surface area contributed by atoms with Crippen molar-refractivity contribution < 1.29 is 19.5 Å². The average molecular weight is 446 g/mol. The lowest BCUT2D eigenvalue weighted by Gasteiger charge is -2.37. The third-order valence-electron chi connectivity index (χ3n) is 6.88. The van der Waals surface area contributed by atoms with Crippen molar-refractivity contribution in [1.29, 1.82) is 0 Å². The number of nitrogens with zero attached hydrogens (tertiary/aromatic N) is 1. The van der Waals surface area contributed by atoms with Crippen LogP contribution in [0.1, 0.15) is 32.3 Å². The minimum Gasteiger partial charge on any atom is -0.394 e. The topological polar surface area (TPSA) is 98.7 Å². The fraction of sp³-hybridized carbons (Fsp3) is 0.609. The summed E-state index contributed by atoms with van der Waals surface area (Å²) in [5.41, 5.74) is 0.992. The Labute approximate surface area is 187 Å². The molecule has 3 fully saturated rings. The van der Waals surface area contributed by atoms with Crippen LogP contribution in [0, 0.1) is 11.8 Å². The van der Waals surface area contributed by atoms with Crippen molar-refractivity contribution in [1.82, 2.24) is 15.5 Å². The SMILES string of the molecule is CNC(=O)[C@@H]1[C@H]2C(=O)N([C@@H](CO)Cc3ccccc3)C(C(=O)NC(C)C)C23CC[C@H]1S3. The maximum atomic E-state index is 13.8. The normalized spacial score (nSPS) is 32.3. The number of fused-ring (bicyclic) bond motifs is 1. The first kappa shape index (κ1) is 22.1. The molecule has 1 aromatic rings. The van der Waals surface area contributed by atoms with E-state index in [0.717, 1.165) is 18.4 Å². The van der Waals surface area contributed by atoms with Gasteiger partial charge in [0.05, 0.1) is 29.2 Å². The first-order valence-electron chi connectivity index (χ1n) is 11.0. The van der Waals surface area contributed by atoms with Crippen molar-refractivity contribution in [2.45, 2.75) is 61.2 Å². The van der Waals surface area contributed by atoms with Crippen LogP contribution in [0.4, 0.5) is 0 Å². The second-order valence-corrected chi connectivity index (χ2v) is 10.7. The Morgan fingerprint density at radius 2 is 1.97 bits per heavy atom. The van der Waals surface area contributed by atoms with Gasteiger partial charge in [0.15, 0.2) is 0 Å². The second-order valence-electron chi connectivity index (χ2n) is 9.11. The van der Waals surface area contributed by atoms with E-state index in [1.54, 1.807) is 23.7 Å². The predicted octanol–water partition coefficient (Wildman–Crippen LogP) is 0.952. The van der Waals surface area contributed by atoms with Crippen LogP contribution in [0.25, 0.3) is 0 Å². The van der Waals surface area contributed by atoms with Crippen molar-refractivity contribution in [3.8, 4) is 0 Å². The lowest BCUT2D eigenvalue weighted by atomic mass is 9.70. The summed E-state index contributed by atoms with van der Waals surface area (Å²) in [5, 5.41) is 16.1. The van der Waals surface area contributed by atoms with Gasteiger partial charge in [0, 0.05) is 18.3 Å². The van der Waals surface area contributed by atoms with Crippen LogP contribution in [0.2, 0.25) is 0 Å². The highest BCUT2D eigenvalue weighted by Crippen LogP contribution is 2.66. The molecule has 1 spiro atoms. The molecule has 168 valence electrons. The van der Waals surface area contributed by atoms with E-state index in [0.29, 0.717) is 6.42 Å². The van der Waals surface area contributed by atoms with Crippen LogP contribution in [-0.4, -0.2) is 69.5 Å². The number of hydrogen-bond acceptors (Lipinski definition) is 5. The van der Waals surface area contributed by atoms with Crippen LogP contribution in [0.5, 0.6) is 0 Å². The van der Waals surface area contributed by atoms with Gasteiger partial charge in [0.25, 0.3) is 0 Å². The van der Waals surface area contributed by atoms with E-state index < -0.39 is 28.7 Å². The number of nitrogens with one attached hydrogen (secondary N) is 2. The number of likely N-dealkylation sites (tertiary alicyclic amines) is 1. The number of benzene rings is 1. The van der Waals surface area contributed by atoms with Crippen LogP contribution in [0.15, 0.2) is 30.3 Å². The Morgan fingerprint density at radius 3 is 2.58 bits per heavy atom. The fourth-order valence-corrected chi connectivity index (χ4v) is 7.96. The number of amides is 3. The Balaban J connectivity index is 1.75. The molecule has 2 unspecified atom stereocenters. The van der Waals surface area contributed by atoms with E-state index in [1.165, 1.54) is 0 Å².